The van der Waals surface area contributed by atoms with Gasteiger partial charge in [-0.1, -0.05) is 36.0 Å². The highest BCUT2D eigenvalue weighted by Crippen LogP contribution is 2.57. The summed E-state index contributed by atoms with van der Waals surface area (Å²) in [6.07, 6.45) is 0. The van der Waals surface area contributed by atoms with Crippen molar-refractivity contribution in [1.29, 1.82) is 5.26 Å². The van der Waals surface area contributed by atoms with Crippen LogP contribution in [-0.2, 0) is 9.59 Å². The van der Waals surface area contributed by atoms with Gasteiger partial charge in [-0.05, 0) is 29.8 Å². The van der Waals surface area contributed by atoms with Gasteiger partial charge in [-0.3, -0.25) is 14.5 Å². The number of imide groups is 1. The van der Waals surface area contributed by atoms with Crippen LogP contribution in [0.25, 0.3) is 0 Å². The van der Waals surface area contributed by atoms with Gasteiger partial charge in [0.2, 0.25) is 5.91 Å². The summed E-state index contributed by atoms with van der Waals surface area (Å²) in [6, 6.07) is 16.8. The number of carbonyl (C=O) groups excluding carboxylic acids is 2. The van der Waals surface area contributed by atoms with Gasteiger partial charge < -0.3 is 9.64 Å². The molecule has 1 fully saturated rings. The number of fused-ring (bicyclic) bond motifs is 5. The van der Waals surface area contributed by atoms with Crippen LogP contribution in [0.2, 0.25) is 0 Å². The fraction of sp³-hybridized carbons (Fsp3) is 0.227. The molecule has 0 spiro atoms. The molecular formula is C22H17N3O3S. The van der Waals surface area contributed by atoms with Crippen molar-refractivity contribution >= 4 is 29.3 Å². The fourth-order valence-corrected chi connectivity index (χ4v) is 5.72. The summed E-state index contributed by atoms with van der Waals surface area (Å²) in [7, 11) is 3.11. The Morgan fingerprint density at radius 2 is 1.79 bits per heavy atom. The largest absolute Gasteiger partial charge is 0.497 e. The second kappa shape index (κ2) is 6.39. The number of allylic oxidation sites excluding steroid dienone is 1. The van der Waals surface area contributed by atoms with Gasteiger partial charge in [0.05, 0.1) is 35.4 Å². The highest BCUT2D eigenvalue weighted by atomic mass is 32.2. The number of thioether (sulfide) groups is 1. The zero-order chi connectivity index (χ0) is 20.3. The first kappa shape index (κ1) is 17.8. The van der Waals surface area contributed by atoms with Crippen LogP contribution in [0.1, 0.15) is 11.5 Å². The molecule has 7 heteroatoms. The number of para-hydroxylation sites is 1. The van der Waals surface area contributed by atoms with Crippen LogP contribution in [0, 0.1) is 17.2 Å². The van der Waals surface area contributed by atoms with Crippen molar-refractivity contribution in [2.24, 2.45) is 5.92 Å². The molecule has 3 aliphatic heterocycles. The van der Waals surface area contributed by atoms with Crippen LogP contribution < -0.4 is 9.64 Å². The van der Waals surface area contributed by atoms with Crippen LogP contribution >= 0.6 is 11.8 Å². The van der Waals surface area contributed by atoms with Crippen molar-refractivity contribution in [1.82, 2.24) is 4.90 Å². The first-order valence-corrected chi connectivity index (χ1v) is 10.0. The van der Waals surface area contributed by atoms with Gasteiger partial charge in [0, 0.05) is 17.9 Å². The number of benzene rings is 2. The number of carbonyl (C=O) groups is 2. The molecule has 0 saturated carbocycles. The maximum Gasteiger partial charge on any atom is 0.252 e. The molecule has 3 atom stereocenters. The lowest BCUT2D eigenvalue weighted by atomic mass is 9.75. The molecule has 2 amide bonds. The number of nitriles is 1. The van der Waals surface area contributed by atoms with Crippen molar-refractivity contribution in [2.45, 2.75) is 16.9 Å². The minimum atomic E-state index is -0.650. The van der Waals surface area contributed by atoms with E-state index in [9.17, 15) is 14.9 Å². The van der Waals surface area contributed by atoms with Crippen LogP contribution in [-0.4, -0.2) is 36.9 Å². The molecule has 1 saturated heterocycles. The van der Waals surface area contributed by atoms with E-state index in [1.165, 1.54) is 23.7 Å². The molecule has 0 unspecified atom stereocenters. The lowest BCUT2D eigenvalue weighted by molar-refractivity contribution is -0.137. The molecule has 144 valence electrons. The normalized spacial score (nSPS) is 24.9. The van der Waals surface area contributed by atoms with Gasteiger partial charge in [0.1, 0.15) is 11.8 Å². The summed E-state index contributed by atoms with van der Waals surface area (Å²) < 4.78 is 5.24. The lowest BCUT2D eigenvalue weighted by Gasteiger charge is -2.38. The second-order valence-corrected chi connectivity index (χ2v) is 8.26. The van der Waals surface area contributed by atoms with Crippen LogP contribution in [0.5, 0.6) is 5.75 Å². The molecule has 0 N–H and O–H groups in total. The summed E-state index contributed by atoms with van der Waals surface area (Å²) in [5, 5.41) is 10.8. The Kier molecular flexibility index (Phi) is 3.93. The average molecular weight is 403 g/mol. The van der Waals surface area contributed by atoms with Gasteiger partial charge in [0.25, 0.3) is 5.91 Å². The SMILES string of the molecule is COc1ccc([C@H]2C(C#N)=C3Sc4ccccc4N3[C@H]3C(=O)N(C)C(=O)[C@@H]23)cc1. The van der Waals surface area contributed by atoms with E-state index in [0.29, 0.717) is 11.3 Å². The monoisotopic (exact) mass is 403 g/mol. The summed E-state index contributed by atoms with van der Waals surface area (Å²) in [5.41, 5.74) is 2.23. The van der Waals surface area contributed by atoms with Crippen LogP contribution in [0.15, 0.2) is 64.0 Å². The van der Waals surface area contributed by atoms with E-state index in [2.05, 4.69) is 6.07 Å². The maximum absolute atomic E-state index is 13.1. The average Bonchev–Trinajstić information content (AvgIpc) is 3.24. The van der Waals surface area contributed by atoms with Crippen molar-refractivity contribution in [3.05, 3.63) is 64.7 Å². The van der Waals surface area contributed by atoms with Crippen molar-refractivity contribution < 1.29 is 14.3 Å². The highest BCUT2D eigenvalue weighted by Gasteiger charge is 2.59. The van der Waals surface area contributed by atoms with E-state index in [1.807, 2.05) is 53.4 Å². The molecule has 6 nitrogen and oxygen atoms in total. The van der Waals surface area contributed by atoms with E-state index in [4.69, 9.17) is 4.74 Å². The minimum absolute atomic E-state index is 0.231. The number of likely N-dealkylation sites (N-methyl/N-ethyl adjacent to an activating group) is 1. The van der Waals surface area contributed by atoms with Gasteiger partial charge in [-0.2, -0.15) is 5.26 Å². The highest BCUT2D eigenvalue weighted by molar-refractivity contribution is 8.03. The predicted octanol–water partition coefficient (Wildman–Crippen LogP) is 3.12. The molecule has 3 aliphatic rings. The first-order chi connectivity index (χ1) is 14.1. The standard InChI is InChI=1S/C22H17N3O3S/c1-24-20(26)18-17(12-7-9-13(28-2)10-8-12)14(11-23)22-25(19(18)21(24)27)15-5-3-4-6-16(15)29-22/h3-10,17-19H,1-2H3/t17-,18-,19+/m0/s1. The smallest absolute Gasteiger partial charge is 0.252 e. The molecule has 2 aromatic rings. The molecule has 29 heavy (non-hydrogen) atoms. The summed E-state index contributed by atoms with van der Waals surface area (Å²) in [6.45, 7) is 0. The van der Waals surface area contributed by atoms with E-state index < -0.39 is 17.9 Å². The quantitative estimate of drug-likeness (QED) is 0.718. The molecule has 3 heterocycles. The Morgan fingerprint density at radius 1 is 1.07 bits per heavy atom. The fourth-order valence-electron chi connectivity index (χ4n) is 4.50. The van der Waals surface area contributed by atoms with Gasteiger partial charge in [-0.25, -0.2) is 0 Å². The third-order valence-electron chi connectivity index (χ3n) is 5.86. The molecule has 2 aromatic carbocycles. The van der Waals surface area contributed by atoms with Crippen molar-refractivity contribution in [3.8, 4) is 11.8 Å². The van der Waals surface area contributed by atoms with Gasteiger partial charge in [-0.15, -0.1) is 0 Å². The number of ether oxygens (including phenoxy) is 1. The molecule has 0 aliphatic carbocycles. The second-order valence-electron chi connectivity index (χ2n) is 7.23. The lowest BCUT2D eigenvalue weighted by Crippen LogP contribution is -2.47. The van der Waals surface area contributed by atoms with E-state index >= 15 is 0 Å². The molecular weight excluding hydrogens is 386 g/mol. The van der Waals surface area contributed by atoms with E-state index in [0.717, 1.165) is 21.2 Å². The zero-order valence-corrected chi connectivity index (χ0v) is 16.6. The third kappa shape index (κ3) is 2.36. The Morgan fingerprint density at radius 3 is 2.48 bits per heavy atom. The van der Waals surface area contributed by atoms with E-state index in [-0.39, 0.29) is 11.8 Å². The topological polar surface area (TPSA) is 73.6 Å². The molecule has 0 radical (unpaired) electrons. The molecule has 0 bridgehead atoms. The van der Waals surface area contributed by atoms with Gasteiger partial charge in [0.15, 0.2) is 0 Å². The number of methoxy groups -OCH3 is 1. The molecule has 5 rings (SSSR count). The van der Waals surface area contributed by atoms with Crippen molar-refractivity contribution in [2.75, 3.05) is 19.1 Å². The minimum Gasteiger partial charge on any atom is -0.497 e. The number of hydrogen-bond donors (Lipinski definition) is 0. The molecule has 0 aromatic heterocycles. The maximum atomic E-state index is 13.1. The summed E-state index contributed by atoms with van der Waals surface area (Å²) >= 11 is 1.49. The zero-order valence-electron chi connectivity index (χ0n) is 15.8. The number of likely N-dealkylation sites (tertiary alicyclic amines) is 1. The number of hydrogen-bond acceptors (Lipinski definition) is 6. The first-order valence-electron chi connectivity index (χ1n) is 9.22. The van der Waals surface area contributed by atoms with Gasteiger partial charge >= 0.3 is 0 Å². The number of rotatable bonds is 2. The predicted molar refractivity (Wildman–Crippen MR) is 108 cm³/mol. The number of nitrogens with zero attached hydrogens (tertiary/aromatic N) is 3. The Balaban J connectivity index is 1.75. The number of anilines is 1. The summed E-state index contributed by atoms with van der Waals surface area (Å²) in [5.74, 6) is -0.911. The van der Waals surface area contributed by atoms with Crippen LogP contribution in [0.3, 0.4) is 0 Å². The van der Waals surface area contributed by atoms with Crippen LogP contribution in [0.4, 0.5) is 5.69 Å². The van der Waals surface area contributed by atoms with Crippen molar-refractivity contribution in [3.63, 3.8) is 0 Å². The van der Waals surface area contributed by atoms with E-state index in [1.54, 1.807) is 7.11 Å². The number of amides is 2. The Hall–Kier alpha value is -3.24. The summed E-state index contributed by atoms with van der Waals surface area (Å²) in [4.78, 5) is 30.3. The Labute approximate surface area is 172 Å². The third-order valence-corrected chi connectivity index (χ3v) is 7.04. The Bertz CT molecular complexity index is 1120.